The quantitative estimate of drug-likeness (QED) is 0.353. The van der Waals surface area contributed by atoms with Gasteiger partial charge in [0, 0.05) is 18.2 Å². The Morgan fingerprint density at radius 3 is 2.23 bits per heavy atom. The molecule has 0 fully saturated rings. The van der Waals surface area contributed by atoms with Crippen LogP contribution in [-0.2, 0) is 6.61 Å². The van der Waals surface area contributed by atoms with E-state index in [4.69, 9.17) is 19.5 Å². The fraction of sp³-hybridized carbons (Fsp3) is 0.0370. The molecule has 0 spiro atoms. The van der Waals surface area contributed by atoms with Gasteiger partial charge in [0.15, 0.2) is 11.5 Å². The molecule has 0 radical (unpaired) electrons. The van der Waals surface area contributed by atoms with E-state index in [2.05, 4.69) is 4.98 Å². The maximum absolute atomic E-state index is 11.7. The van der Waals surface area contributed by atoms with Crippen LogP contribution in [0.15, 0.2) is 84.9 Å². The fourth-order valence-electron chi connectivity index (χ4n) is 3.08. The van der Waals surface area contributed by atoms with Gasteiger partial charge in [-0.05, 0) is 35.9 Å². The van der Waals surface area contributed by atoms with Crippen molar-refractivity contribution >= 4 is 5.97 Å². The van der Waals surface area contributed by atoms with Crippen LogP contribution in [0.5, 0.6) is 29.0 Å². The Hall–Kier alpha value is -5.34. The van der Waals surface area contributed by atoms with E-state index in [1.807, 2.05) is 42.5 Å². The lowest BCUT2D eigenvalue weighted by atomic mass is 10.2. The Morgan fingerprint density at radius 1 is 0.800 bits per heavy atom. The molecular formula is C27H17N3O5. The highest BCUT2D eigenvalue weighted by Gasteiger charge is 2.15. The van der Waals surface area contributed by atoms with Gasteiger partial charge in [0.25, 0.3) is 0 Å². The molecule has 1 heterocycles. The molecule has 0 aliphatic carbocycles. The summed E-state index contributed by atoms with van der Waals surface area (Å²) < 4.78 is 17.4. The van der Waals surface area contributed by atoms with Gasteiger partial charge in [0.1, 0.15) is 12.4 Å². The first-order chi connectivity index (χ1) is 17.0. The average Bonchev–Trinajstić information content (AvgIpc) is 2.88. The minimum Gasteiger partial charge on any atom is -0.485 e. The minimum atomic E-state index is -1.21. The summed E-state index contributed by atoms with van der Waals surface area (Å²) in [6.07, 6.45) is 0. The summed E-state index contributed by atoms with van der Waals surface area (Å²) in [7, 11) is 0. The highest BCUT2D eigenvalue weighted by atomic mass is 16.5. The second kappa shape index (κ2) is 10.5. The van der Waals surface area contributed by atoms with E-state index < -0.39 is 5.97 Å². The SMILES string of the molecule is N#Cc1cccc(Oc2cc(C(=O)O)cc(Oc3cc(C#N)ccc3OCc3ccccc3)n2)c1. The molecule has 4 rings (SSSR count). The van der Waals surface area contributed by atoms with Crippen LogP contribution < -0.4 is 14.2 Å². The molecule has 0 aliphatic rings. The molecule has 8 nitrogen and oxygen atoms in total. The van der Waals surface area contributed by atoms with Gasteiger partial charge in [-0.15, -0.1) is 0 Å². The number of carboxylic acids is 1. The first-order valence-electron chi connectivity index (χ1n) is 10.4. The maximum Gasteiger partial charge on any atom is 0.336 e. The van der Waals surface area contributed by atoms with Gasteiger partial charge in [-0.2, -0.15) is 15.5 Å². The summed E-state index contributed by atoms with van der Waals surface area (Å²) in [5, 5.41) is 27.9. The molecule has 1 aromatic heterocycles. The highest BCUT2D eigenvalue weighted by molar-refractivity contribution is 5.88. The van der Waals surface area contributed by atoms with E-state index in [1.54, 1.807) is 30.3 Å². The lowest BCUT2D eigenvalue weighted by molar-refractivity contribution is 0.0696. The molecular weight excluding hydrogens is 446 g/mol. The molecule has 0 amide bonds. The number of aromatic carboxylic acids is 1. The van der Waals surface area contributed by atoms with Gasteiger partial charge in [0.2, 0.25) is 11.8 Å². The van der Waals surface area contributed by atoms with Crippen molar-refractivity contribution in [2.75, 3.05) is 0 Å². The number of benzene rings is 3. The summed E-state index contributed by atoms with van der Waals surface area (Å²) >= 11 is 0. The standard InChI is InChI=1S/C27H17N3O5/c28-15-19-7-4-8-22(11-19)34-25-13-21(27(31)32)14-26(30-25)35-24-12-20(16-29)9-10-23(24)33-17-18-5-2-1-3-6-18/h1-14H,17H2,(H,31,32). The normalized spacial score (nSPS) is 10.0. The van der Waals surface area contributed by atoms with Crippen molar-refractivity contribution in [3.8, 4) is 41.1 Å². The van der Waals surface area contributed by atoms with Crippen molar-refractivity contribution in [3.05, 3.63) is 107 Å². The topological polar surface area (TPSA) is 125 Å². The van der Waals surface area contributed by atoms with Crippen LogP contribution in [0.4, 0.5) is 0 Å². The molecule has 3 aromatic carbocycles. The second-order valence-electron chi connectivity index (χ2n) is 7.23. The van der Waals surface area contributed by atoms with Gasteiger partial charge < -0.3 is 19.3 Å². The number of aromatic nitrogens is 1. The Kier molecular flexibility index (Phi) is 6.86. The molecule has 0 atom stereocenters. The number of carbonyl (C=O) groups is 1. The van der Waals surface area contributed by atoms with Crippen molar-refractivity contribution in [1.29, 1.82) is 10.5 Å². The van der Waals surface area contributed by atoms with Gasteiger partial charge in [0.05, 0.1) is 28.8 Å². The lowest BCUT2D eigenvalue weighted by Gasteiger charge is -2.14. The van der Waals surface area contributed by atoms with Crippen LogP contribution >= 0.6 is 0 Å². The Morgan fingerprint density at radius 2 is 1.51 bits per heavy atom. The molecule has 0 unspecified atom stereocenters. The van der Waals surface area contributed by atoms with Crippen LogP contribution in [0.2, 0.25) is 0 Å². The van der Waals surface area contributed by atoms with E-state index in [9.17, 15) is 15.2 Å². The molecule has 0 saturated heterocycles. The predicted octanol–water partition coefficient (Wildman–Crippen LogP) is 5.69. The van der Waals surface area contributed by atoms with Crippen LogP contribution in [0, 0.1) is 22.7 Å². The monoisotopic (exact) mass is 463 g/mol. The first kappa shape index (κ1) is 22.8. The van der Waals surface area contributed by atoms with E-state index >= 15 is 0 Å². The van der Waals surface area contributed by atoms with E-state index in [0.29, 0.717) is 22.6 Å². The third kappa shape index (κ3) is 5.92. The molecule has 4 aromatic rings. The number of hydrogen-bond acceptors (Lipinski definition) is 7. The van der Waals surface area contributed by atoms with Crippen molar-refractivity contribution in [3.63, 3.8) is 0 Å². The molecule has 0 aliphatic heterocycles. The second-order valence-corrected chi connectivity index (χ2v) is 7.23. The third-order valence-electron chi connectivity index (χ3n) is 4.74. The predicted molar refractivity (Wildman–Crippen MR) is 124 cm³/mol. The van der Waals surface area contributed by atoms with E-state index in [0.717, 1.165) is 5.56 Å². The number of pyridine rings is 1. The van der Waals surface area contributed by atoms with Gasteiger partial charge in [-0.3, -0.25) is 0 Å². The van der Waals surface area contributed by atoms with Crippen molar-refractivity contribution in [2.45, 2.75) is 6.61 Å². The molecule has 0 bridgehead atoms. The van der Waals surface area contributed by atoms with E-state index in [-0.39, 0.29) is 29.7 Å². The molecule has 1 N–H and O–H groups in total. The van der Waals surface area contributed by atoms with Crippen LogP contribution in [0.1, 0.15) is 27.0 Å². The zero-order valence-corrected chi connectivity index (χ0v) is 18.2. The summed E-state index contributed by atoms with van der Waals surface area (Å²) in [6.45, 7) is 0.259. The van der Waals surface area contributed by atoms with Crippen LogP contribution in [-0.4, -0.2) is 16.1 Å². The number of ether oxygens (including phenoxy) is 3. The van der Waals surface area contributed by atoms with E-state index in [1.165, 1.54) is 24.3 Å². The molecule has 8 heteroatoms. The summed E-state index contributed by atoms with van der Waals surface area (Å²) in [5.74, 6) is -0.483. The van der Waals surface area contributed by atoms with Gasteiger partial charge in [-0.25, -0.2) is 4.79 Å². The summed E-state index contributed by atoms with van der Waals surface area (Å²) in [6, 6.07) is 27.1. The Labute approximate surface area is 200 Å². The zero-order chi connectivity index (χ0) is 24.6. The molecule has 170 valence electrons. The van der Waals surface area contributed by atoms with Gasteiger partial charge >= 0.3 is 5.97 Å². The highest BCUT2D eigenvalue weighted by Crippen LogP contribution is 2.34. The molecule has 35 heavy (non-hydrogen) atoms. The van der Waals surface area contributed by atoms with Crippen molar-refractivity contribution in [2.24, 2.45) is 0 Å². The zero-order valence-electron chi connectivity index (χ0n) is 18.2. The fourth-order valence-corrected chi connectivity index (χ4v) is 3.08. The largest absolute Gasteiger partial charge is 0.485 e. The Bertz CT molecular complexity index is 1460. The minimum absolute atomic E-state index is 0.0434. The van der Waals surface area contributed by atoms with Crippen molar-refractivity contribution in [1.82, 2.24) is 4.98 Å². The number of nitrogens with zero attached hydrogens (tertiary/aromatic N) is 3. The third-order valence-corrected chi connectivity index (χ3v) is 4.74. The number of hydrogen-bond donors (Lipinski definition) is 1. The number of nitriles is 2. The molecule has 0 saturated carbocycles. The smallest absolute Gasteiger partial charge is 0.336 e. The number of rotatable bonds is 8. The average molecular weight is 463 g/mol. The summed E-state index contributed by atoms with van der Waals surface area (Å²) in [5.41, 5.74) is 1.52. The van der Waals surface area contributed by atoms with Crippen LogP contribution in [0.3, 0.4) is 0 Å². The lowest BCUT2D eigenvalue weighted by Crippen LogP contribution is -2.02. The van der Waals surface area contributed by atoms with Gasteiger partial charge in [-0.1, -0.05) is 36.4 Å². The van der Waals surface area contributed by atoms with Crippen molar-refractivity contribution < 1.29 is 24.1 Å². The Balaban J connectivity index is 1.65. The summed E-state index contributed by atoms with van der Waals surface area (Å²) in [4.78, 5) is 15.9. The number of carboxylic acid groups (broad SMARTS) is 1. The maximum atomic E-state index is 11.7. The first-order valence-corrected chi connectivity index (χ1v) is 10.4. The van der Waals surface area contributed by atoms with Crippen LogP contribution in [0.25, 0.3) is 0 Å².